The van der Waals surface area contributed by atoms with Crippen LogP contribution in [0, 0.1) is 5.82 Å². The Hall–Kier alpha value is -2.44. The number of ether oxygens (including phenoxy) is 1. The van der Waals surface area contributed by atoms with E-state index in [9.17, 15) is 9.18 Å². The minimum Gasteiger partial charge on any atom is -0.379 e. The lowest BCUT2D eigenvalue weighted by atomic mass is 9.95. The van der Waals surface area contributed by atoms with Crippen molar-refractivity contribution >= 4 is 11.6 Å². The number of anilines is 1. The van der Waals surface area contributed by atoms with Gasteiger partial charge in [-0.05, 0) is 54.3 Å². The molecule has 0 aliphatic carbocycles. The first-order valence-corrected chi connectivity index (χ1v) is 10.3. The van der Waals surface area contributed by atoms with Gasteiger partial charge < -0.3 is 15.0 Å². The average molecular weight is 397 g/mol. The lowest BCUT2D eigenvalue weighted by molar-refractivity contribution is 0.0162. The molecule has 29 heavy (non-hydrogen) atoms. The number of morpholine rings is 1. The Labute approximate surface area is 171 Å². The molecular weight excluding hydrogens is 369 g/mol. The van der Waals surface area contributed by atoms with Gasteiger partial charge in [0.25, 0.3) is 5.91 Å². The standard InChI is InChI=1S/C23H28FN3O2/c1-26-10-2-3-18-15-19(6-9-21(18)26)22(27-11-13-29-14-12-27)16-25-23(28)17-4-7-20(24)8-5-17/h4-9,15,22H,2-3,10-14,16H2,1H3,(H,25,28). The number of amides is 1. The number of fused-ring (bicyclic) bond motifs is 1. The minimum atomic E-state index is -0.341. The van der Waals surface area contributed by atoms with Crippen LogP contribution in [0.3, 0.4) is 0 Å². The van der Waals surface area contributed by atoms with E-state index in [2.05, 4.69) is 40.4 Å². The van der Waals surface area contributed by atoms with E-state index in [0.717, 1.165) is 32.5 Å². The second-order valence-electron chi connectivity index (χ2n) is 7.79. The highest BCUT2D eigenvalue weighted by Gasteiger charge is 2.25. The summed E-state index contributed by atoms with van der Waals surface area (Å²) in [6.45, 7) is 4.69. The molecule has 2 aliphatic rings. The summed E-state index contributed by atoms with van der Waals surface area (Å²) < 4.78 is 18.7. The summed E-state index contributed by atoms with van der Waals surface area (Å²) in [5.41, 5.74) is 4.37. The van der Waals surface area contributed by atoms with Crippen molar-refractivity contribution in [2.24, 2.45) is 0 Å². The fourth-order valence-electron chi connectivity index (χ4n) is 4.25. The molecule has 0 saturated carbocycles. The van der Waals surface area contributed by atoms with Gasteiger partial charge >= 0.3 is 0 Å². The van der Waals surface area contributed by atoms with E-state index in [1.165, 1.54) is 41.1 Å². The summed E-state index contributed by atoms with van der Waals surface area (Å²) >= 11 is 0. The molecule has 1 atom stereocenters. The predicted molar refractivity (Wildman–Crippen MR) is 112 cm³/mol. The highest BCUT2D eigenvalue weighted by atomic mass is 19.1. The number of hydrogen-bond donors (Lipinski definition) is 1. The number of carbonyl (C=O) groups is 1. The van der Waals surface area contributed by atoms with E-state index in [-0.39, 0.29) is 17.8 Å². The Morgan fingerprint density at radius 2 is 1.90 bits per heavy atom. The fraction of sp³-hybridized carbons (Fsp3) is 0.435. The van der Waals surface area contributed by atoms with Crippen LogP contribution in [0.2, 0.25) is 0 Å². The Kier molecular flexibility index (Phi) is 6.11. The number of rotatable bonds is 5. The molecule has 2 heterocycles. The van der Waals surface area contributed by atoms with E-state index in [1.54, 1.807) is 0 Å². The van der Waals surface area contributed by atoms with Crippen molar-refractivity contribution in [3.05, 3.63) is 65.0 Å². The molecule has 0 aromatic heterocycles. The smallest absolute Gasteiger partial charge is 0.251 e. The van der Waals surface area contributed by atoms with Gasteiger partial charge in [-0.15, -0.1) is 0 Å². The molecule has 0 spiro atoms. The molecule has 1 unspecified atom stereocenters. The number of carbonyl (C=O) groups excluding carboxylic acids is 1. The second-order valence-corrected chi connectivity index (χ2v) is 7.79. The number of nitrogens with zero attached hydrogens (tertiary/aromatic N) is 2. The summed E-state index contributed by atoms with van der Waals surface area (Å²) in [4.78, 5) is 17.3. The molecule has 2 aromatic rings. The summed E-state index contributed by atoms with van der Waals surface area (Å²) in [5, 5.41) is 3.05. The minimum absolute atomic E-state index is 0.0841. The van der Waals surface area contributed by atoms with Crippen LogP contribution in [-0.4, -0.2) is 57.2 Å². The summed E-state index contributed by atoms with van der Waals surface area (Å²) in [6, 6.07) is 12.4. The maximum absolute atomic E-state index is 13.1. The third kappa shape index (κ3) is 4.60. The Morgan fingerprint density at radius 1 is 1.14 bits per heavy atom. The summed E-state index contributed by atoms with van der Waals surface area (Å²) in [6.07, 6.45) is 2.25. The normalized spacial score (nSPS) is 18.2. The number of aryl methyl sites for hydroxylation is 1. The van der Waals surface area contributed by atoms with E-state index in [4.69, 9.17) is 4.74 Å². The zero-order valence-corrected chi connectivity index (χ0v) is 16.9. The summed E-state index contributed by atoms with van der Waals surface area (Å²) in [7, 11) is 2.14. The molecule has 1 saturated heterocycles. The van der Waals surface area contributed by atoms with Gasteiger partial charge in [0.15, 0.2) is 0 Å². The van der Waals surface area contributed by atoms with Crippen LogP contribution >= 0.6 is 0 Å². The van der Waals surface area contributed by atoms with Crippen LogP contribution in [0.4, 0.5) is 10.1 Å². The molecule has 1 fully saturated rings. The predicted octanol–water partition coefficient (Wildman–Crippen LogP) is 3.01. The van der Waals surface area contributed by atoms with Crippen LogP contribution in [0.25, 0.3) is 0 Å². The number of benzene rings is 2. The van der Waals surface area contributed by atoms with Crippen molar-refractivity contribution in [1.29, 1.82) is 0 Å². The maximum Gasteiger partial charge on any atom is 0.251 e. The Bertz CT molecular complexity index is 850. The van der Waals surface area contributed by atoms with E-state index >= 15 is 0 Å². The first-order chi connectivity index (χ1) is 14.1. The van der Waals surface area contributed by atoms with Crippen molar-refractivity contribution in [2.45, 2.75) is 18.9 Å². The number of nitrogens with one attached hydrogen (secondary N) is 1. The van der Waals surface area contributed by atoms with Crippen LogP contribution in [0.1, 0.15) is 33.9 Å². The van der Waals surface area contributed by atoms with Gasteiger partial charge in [-0.2, -0.15) is 0 Å². The van der Waals surface area contributed by atoms with Gasteiger partial charge in [0.2, 0.25) is 0 Å². The average Bonchev–Trinajstić information content (AvgIpc) is 2.75. The lowest BCUT2D eigenvalue weighted by Gasteiger charge is -2.36. The van der Waals surface area contributed by atoms with Crippen molar-refractivity contribution in [2.75, 3.05) is 51.3 Å². The van der Waals surface area contributed by atoms with Crippen molar-refractivity contribution in [1.82, 2.24) is 10.2 Å². The third-order valence-corrected chi connectivity index (χ3v) is 5.89. The molecule has 6 heteroatoms. The Balaban J connectivity index is 1.53. The summed E-state index contributed by atoms with van der Waals surface area (Å²) in [5.74, 6) is -0.521. The molecule has 0 radical (unpaired) electrons. The molecule has 4 rings (SSSR count). The lowest BCUT2D eigenvalue weighted by Crippen LogP contribution is -2.44. The van der Waals surface area contributed by atoms with Gasteiger partial charge in [0, 0.05) is 44.5 Å². The van der Waals surface area contributed by atoms with Crippen molar-refractivity contribution in [3.8, 4) is 0 Å². The van der Waals surface area contributed by atoms with Crippen LogP contribution in [0.15, 0.2) is 42.5 Å². The monoisotopic (exact) mass is 397 g/mol. The molecule has 154 valence electrons. The van der Waals surface area contributed by atoms with Gasteiger partial charge in [-0.1, -0.05) is 12.1 Å². The fourth-order valence-corrected chi connectivity index (χ4v) is 4.25. The molecule has 0 bridgehead atoms. The van der Waals surface area contributed by atoms with Gasteiger partial charge in [-0.25, -0.2) is 4.39 Å². The first-order valence-electron chi connectivity index (χ1n) is 10.3. The second kappa shape index (κ2) is 8.93. The van der Waals surface area contributed by atoms with Crippen molar-refractivity contribution < 1.29 is 13.9 Å². The number of halogens is 1. The van der Waals surface area contributed by atoms with Crippen molar-refractivity contribution in [3.63, 3.8) is 0 Å². The van der Waals surface area contributed by atoms with E-state index < -0.39 is 0 Å². The molecule has 2 aliphatic heterocycles. The molecule has 2 aromatic carbocycles. The molecule has 5 nitrogen and oxygen atoms in total. The Morgan fingerprint density at radius 3 is 2.66 bits per heavy atom. The van der Waals surface area contributed by atoms with Gasteiger partial charge in [-0.3, -0.25) is 9.69 Å². The quantitative estimate of drug-likeness (QED) is 0.843. The van der Waals surface area contributed by atoms with Gasteiger partial charge in [0.1, 0.15) is 5.82 Å². The van der Waals surface area contributed by atoms with Crippen LogP contribution in [0.5, 0.6) is 0 Å². The zero-order valence-electron chi connectivity index (χ0n) is 16.9. The molecule has 1 amide bonds. The molecule has 1 N–H and O–H groups in total. The highest BCUT2D eigenvalue weighted by molar-refractivity contribution is 5.94. The van der Waals surface area contributed by atoms with E-state index in [1.807, 2.05) is 0 Å². The van der Waals surface area contributed by atoms with Crippen LogP contribution < -0.4 is 10.2 Å². The third-order valence-electron chi connectivity index (χ3n) is 5.89. The highest BCUT2D eigenvalue weighted by Crippen LogP contribution is 2.31. The van der Waals surface area contributed by atoms with Crippen LogP contribution in [-0.2, 0) is 11.2 Å². The number of hydrogen-bond acceptors (Lipinski definition) is 4. The maximum atomic E-state index is 13.1. The SMILES string of the molecule is CN1CCCc2cc(C(CNC(=O)c3ccc(F)cc3)N3CCOCC3)ccc21. The molecular formula is C23H28FN3O2. The topological polar surface area (TPSA) is 44.8 Å². The first kappa shape index (κ1) is 19.9. The van der Waals surface area contributed by atoms with Gasteiger partial charge in [0.05, 0.1) is 19.3 Å². The van der Waals surface area contributed by atoms with E-state index in [0.29, 0.717) is 25.3 Å². The zero-order chi connectivity index (χ0) is 20.2. The largest absolute Gasteiger partial charge is 0.379 e.